The monoisotopic (exact) mass is 335 g/mol. The first-order chi connectivity index (χ1) is 11.5. The van der Waals surface area contributed by atoms with Crippen LogP contribution in [0.4, 0.5) is 16.6 Å². The lowest BCUT2D eigenvalue weighted by atomic mass is 10.1. The Balaban J connectivity index is 2.99. The van der Waals surface area contributed by atoms with Crippen LogP contribution in [0.5, 0.6) is 0 Å². The summed E-state index contributed by atoms with van der Waals surface area (Å²) in [5.41, 5.74) is 6.92. The van der Waals surface area contributed by atoms with E-state index in [1.807, 2.05) is 0 Å². The van der Waals surface area contributed by atoms with Gasteiger partial charge in [-0.3, -0.25) is 0 Å². The Bertz CT molecular complexity index is 610. The number of amides is 1. The van der Waals surface area contributed by atoms with E-state index < -0.39 is 6.09 Å². The van der Waals surface area contributed by atoms with Gasteiger partial charge in [-0.05, 0) is 19.8 Å². The van der Waals surface area contributed by atoms with Gasteiger partial charge in [-0.2, -0.15) is 4.98 Å². The van der Waals surface area contributed by atoms with Crippen molar-refractivity contribution in [2.24, 2.45) is 0 Å². The van der Waals surface area contributed by atoms with E-state index in [-0.39, 0.29) is 25.1 Å². The quantitative estimate of drug-likeness (QED) is 0.453. The molecule has 0 aliphatic rings. The van der Waals surface area contributed by atoms with Crippen LogP contribution in [0.25, 0.3) is 0 Å². The van der Waals surface area contributed by atoms with Crippen LogP contribution in [0.2, 0.25) is 0 Å². The van der Waals surface area contributed by atoms with Crippen molar-refractivity contribution in [3.8, 4) is 11.8 Å². The van der Waals surface area contributed by atoms with Gasteiger partial charge in [0.25, 0.3) is 0 Å². The van der Waals surface area contributed by atoms with Crippen molar-refractivity contribution in [1.82, 2.24) is 15.3 Å². The normalized spacial score (nSPS) is 11.3. The molecule has 0 aliphatic heterocycles. The number of hydrogen-bond donors (Lipinski definition) is 5. The summed E-state index contributed by atoms with van der Waals surface area (Å²) in [4.78, 5) is 18.8. The van der Waals surface area contributed by atoms with Crippen LogP contribution >= 0.6 is 0 Å². The maximum Gasteiger partial charge on any atom is 0.405 e. The maximum absolute atomic E-state index is 10.5. The van der Waals surface area contributed by atoms with E-state index in [1.165, 1.54) is 0 Å². The van der Waals surface area contributed by atoms with Crippen molar-refractivity contribution in [2.75, 3.05) is 24.2 Å². The molecule has 1 atom stereocenters. The Hall–Kier alpha value is -2.53. The van der Waals surface area contributed by atoms with Crippen molar-refractivity contribution in [2.45, 2.75) is 45.6 Å². The largest absolute Gasteiger partial charge is 0.465 e. The zero-order valence-corrected chi connectivity index (χ0v) is 14.1. The van der Waals surface area contributed by atoms with Gasteiger partial charge < -0.3 is 26.6 Å². The van der Waals surface area contributed by atoms with Gasteiger partial charge in [0.1, 0.15) is 5.82 Å². The maximum atomic E-state index is 10.5. The third-order valence-corrected chi connectivity index (χ3v) is 3.37. The minimum atomic E-state index is -1.13. The summed E-state index contributed by atoms with van der Waals surface area (Å²) in [5.74, 6) is 6.27. The number of nitrogens with one attached hydrogen (secondary N) is 2. The second-order valence-corrected chi connectivity index (χ2v) is 5.35. The highest BCUT2D eigenvalue weighted by Gasteiger charge is 2.14. The molecule has 0 aliphatic carbocycles. The molecule has 0 aromatic carbocycles. The number of unbranched alkanes of at least 4 members (excludes halogenated alkanes) is 1. The molecular formula is C16H25N5O3. The molecule has 1 amide bonds. The Labute approximate surface area is 141 Å². The summed E-state index contributed by atoms with van der Waals surface area (Å²) in [5, 5.41) is 23.3. The highest BCUT2D eigenvalue weighted by Crippen LogP contribution is 2.19. The molecule has 1 unspecified atom stereocenters. The van der Waals surface area contributed by atoms with E-state index in [2.05, 4.69) is 39.4 Å². The highest BCUT2D eigenvalue weighted by atomic mass is 16.4. The zero-order valence-electron chi connectivity index (χ0n) is 14.1. The Kier molecular flexibility index (Phi) is 8.36. The molecule has 0 saturated heterocycles. The predicted molar refractivity (Wildman–Crippen MR) is 92.7 cm³/mol. The molecule has 24 heavy (non-hydrogen) atoms. The number of aliphatic hydroxyl groups is 1. The first-order valence-electron chi connectivity index (χ1n) is 7.95. The van der Waals surface area contributed by atoms with Gasteiger partial charge in [-0.1, -0.05) is 31.6 Å². The fraction of sp³-hybridized carbons (Fsp3) is 0.562. The van der Waals surface area contributed by atoms with Crippen molar-refractivity contribution in [3.63, 3.8) is 0 Å². The van der Waals surface area contributed by atoms with Crippen molar-refractivity contribution in [3.05, 3.63) is 11.3 Å². The standard InChI is InChI=1S/C16H25N5O3/c1-3-4-6-12(8-10-22)20-14-13(7-5-9-18-16(23)24)11(2)19-15(17)21-14/h12,18,22H,3-4,6,8-10H2,1-2H3,(H,23,24)(H3,17,19,20,21). The van der Waals surface area contributed by atoms with Gasteiger partial charge in [0, 0.05) is 12.6 Å². The summed E-state index contributed by atoms with van der Waals surface area (Å²) in [6.45, 7) is 3.96. The molecule has 1 aromatic heterocycles. The van der Waals surface area contributed by atoms with Crippen LogP contribution in [0.3, 0.4) is 0 Å². The van der Waals surface area contributed by atoms with E-state index in [0.29, 0.717) is 23.5 Å². The van der Waals surface area contributed by atoms with Crippen molar-refractivity contribution >= 4 is 17.9 Å². The summed E-state index contributed by atoms with van der Waals surface area (Å²) in [6, 6.07) is 0.0568. The van der Waals surface area contributed by atoms with Crippen molar-refractivity contribution < 1.29 is 15.0 Å². The summed E-state index contributed by atoms with van der Waals surface area (Å²) in [7, 11) is 0. The number of hydrogen-bond acceptors (Lipinski definition) is 6. The number of nitrogens with two attached hydrogens (primary N) is 1. The van der Waals surface area contributed by atoms with E-state index in [1.54, 1.807) is 6.92 Å². The molecule has 1 aromatic rings. The second-order valence-electron chi connectivity index (χ2n) is 5.35. The number of nitrogen functional groups attached to an aromatic ring is 1. The smallest absolute Gasteiger partial charge is 0.405 e. The van der Waals surface area contributed by atoms with Crippen LogP contribution in [0, 0.1) is 18.8 Å². The number of nitrogens with zero attached hydrogens (tertiary/aromatic N) is 2. The predicted octanol–water partition coefficient (Wildman–Crippen LogP) is 1.34. The third-order valence-electron chi connectivity index (χ3n) is 3.37. The SMILES string of the molecule is CCCCC(CCO)Nc1nc(N)nc(C)c1C#CCNC(=O)O. The lowest BCUT2D eigenvalue weighted by Gasteiger charge is -2.19. The third kappa shape index (κ3) is 6.71. The van der Waals surface area contributed by atoms with E-state index in [4.69, 9.17) is 10.8 Å². The minimum Gasteiger partial charge on any atom is -0.465 e. The van der Waals surface area contributed by atoms with Gasteiger partial charge in [0.2, 0.25) is 5.95 Å². The molecule has 0 radical (unpaired) electrons. The molecule has 0 saturated carbocycles. The molecule has 8 nitrogen and oxygen atoms in total. The van der Waals surface area contributed by atoms with Crippen LogP contribution in [0.15, 0.2) is 0 Å². The molecule has 8 heteroatoms. The average molecular weight is 335 g/mol. The zero-order chi connectivity index (χ0) is 17.9. The van der Waals surface area contributed by atoms with Crippen LogP contribution < -0.4 is 16.4 Å². The number of anilines is 2. The van der Waals surface area contributed by atoms with Gasteiger partial charge in [-0.15, -0.1) is 0 Å². The Morgan fingerprint density at radius 1 is 1.38 bits per heavy atom. The van der Waals surface area contributed by atoms with Gasteiger partial charge in [0.05, 0.1) is 17.8 Å². The van der Waals surface area contributed by atoms with E-state index in [9.17, 15) is 9.90 Å². The fourth-order valence-electron chi connectivity index (χ4n) is 2.19. The second kappa shape index (κ2) is 10.3. The lowest BCUT2D eigenvalue weighted by molar-refractivity contribution is 0.196. The number of carbonyl (C=O) groups is 1. The molecule has 1 heterocycles. The molecule has 0 spiro atoms. The van der Waals surface area contributed by atoms with Crippen LogP contribution in [-0.2, 0) is 0 Å². The fourth-order valence-corrected chi connectivity index (χ4v) is 2.19. The number of aryl methyl sites for hydroxylation is 1. The Morgan fingerprint density at radius 2 is 2.12 bits per heavy atom. The number of carboxylic acid groups (broad SMARTS) is 1. The summed E-state index contributed by atoms with van der Waals surface area (Å²) < 4.78 is 0. The van der Waals surface area contributed by atoms with Gasteiger partial charge >= 0.3 is 6.09 Å². The molecule has 0 bridgehead atoms. The first kappa shape index (κ1) is 19.5. The number of rotatable bonds is 8. The topological polar surface area (TPSA) is 133 Å². The molecule has 1 rings (SSSR count). The van der Waals surface area contributed by atoms with E-state index >= 15 is 0 Å². The van der Waals surface area contributed by atoms with Crippen LogP contribution in [-0.4, -0.2) is 45.5 Å². The first-order valence-corrected chi connectivity index (χ1v) is 7.95. The summed E-state index contributed by atoms with van der Waals surface area (Å²) in [6.07, 6.45) is 2.45. The lowest BCUT2D eigenvalue weighted by Crippen LogP contribution is -2.23. The van der Waals surface area contributed by atoms with Crippen LogP contribution in [0.1, 0.15) is 43.9 Å². The molecule has 132 valence electrons. The van der Waals surface area contributed by atoms with Crippen molar-refractivity contribution in [1.29, 1.82) is 0 Å². The molecule has 6 N–H and O–H groups in total. The highest BCUT2D eigenvalue weighted by molar-refractivity contribution is 5.65. The number of aromatic nitrogens is 2. The number of aliphatic hydroxyl groups excluding tert-OH is 1. The molecule has 0 fully saturated rings. The van der Waals surface area contributed by atoms with Gasteiger partial charge in [0.15, 0.2) is 0 Å². The minimum absolute atomic E-state index is 0.00843. The average Bonchev–Trinajstić information content (AvgIpc) is 2.50. The molecular weight excluding hydrogens is 310 g/mol. The summed E-state index contributed by atoms with van der Waals surface area (Å²) >= 11 is 0. The Morgan fingerprint density at radius 3 is 2.75 bits per heavy atom. The van der Waals surface area contributed by atoms with E-state index in [0.717, 1.165) is 19.3 Å². The van der Waals surface area contributed by atoms with Gasteiger partial charge in [-0.25, -0.2) is 9.78 Å².